The van der Waals surface area contributed by atoms with Crippen LogP contribution >= 0.6 is 0 Å². The van der Waals surface area contributed by atoms with E-state index in [0.29, 0.717) is 0 Å². The number of benzene rings is 1. The standard InChI is InChI=1S/C19H11N3O/c1-2-6-17-13(5-1)14-11-22-16(8-18(14)23-17)15-10-20-9-12-4-3-7-21-19(12)15/h1-11H. The molecule has 0 N–H and O–H groups in total. The Kier molecular flexibility index (Phi) is 2.46. The smallest absolute Gasteiger partial charge is 0.139 e. The van der Waals surface area contributed by atoms with E-state index in [1.807, 2.05) is 54.9 Å². The number of furan rings is 1. The van der Waals surface area contributed by atoms with Crippen molar-refractivity contribution in [2.75, 3.05) is 0 Å². The Morgan fingerprint density at radius 1 is 0.783 bits per heavy atom. The second-order valence-electron chi connectivity index (χ2n) is 5.43. The quantitative estimate of drug-likeness (QED) is 0.454. The zero-order valence-corrected chi connectivity index (χ0v) is 12.1. The predicted octanol–water partition coefficient (Wildman–Crippen LogP) is 4.59. The maximum atomic E-state index is 5.95. The molecule has 5 aromatic rings. The summed E-state index contributed by atoms with van der Waals surface area (Å²) in [7, 11) is 0. The lowest BCUT2D eigenvalue weighted by atomic mass is 10.1. The zero-order chi connectivity index (χ0) is 15.2. The molecule has 0 aliphatic carbocycles. The fraction of sp³-hybridized carbons (Fsp3) is 0. The lowest BCUT2D eigenvalue weighted by Gasteiger charge is -2.04. The van der Waals surface area contributed by atoms with Gasteiger partial charge in [0.25, 0.3) is 0 Å². The third kappa shape index (κ3) is 1.82. The summed E-state index contributed by atoms with van der Waals surface area (Å²) in [5.41, 5.74) is 4.31. The van der Waals surface area contributed by atoms with Gasteiger partial charge in [-0.05, 0) is 18.2 Å². The van der Waals surface area contributed by atoms with E-state index >= 15 is 0 Å². The van der Waals surface area contributed by atoms with E-state index in [2.05, 4.69) is 15.0 Å². The maximum absolute atomic E-state index is 5.95. The molecular formula is C19H11N3O. The van der Waals surface area contributed by atoms with Crippen molar-refractivity contribution in [3.8, 4) is 11.3 Å². The van der Waals surface area contributed by atoms with Gasteiger partial charge in [0.05, 0.1) is 11.2 Å². The van der Waals surface area contributed by atoms with E-state index in [0.717, 1.165) is 44.1 Å². The van der Waals surface area contributed by atoms with Crippen LogP contribution in [0.25, 0.3) is 44.1 Å². The average molecular weight is 297 g/mol. The van der Waals surface area contributed by atoms with Crippen molar-refractivity contribution in [1.82, 2.24) is 15.0 Å². The van der Waals surface area contributed by atoms with Crippen molar-refractivity contribution in [2.24, 2.45) is 0 Å². The fourth-order valence-corrected chi connectivity index (χ4v) is 2.96. The highest BCUT2D eigenvalue weighted by molar-refractivity contribution is 6.05. The molecule has 0 amide bonds. The molecule has 0 aliphatic heterocycles. The van der Waals surface area contributed by atoms with Gasteiger partial charge in [0, 0.05) is 52.6 Å². The highest BCUT2D eigenvalue weighted by Gasteiger charge is 2.11. The first-order valence-corrected chi connectivity index (χ1v) is 7.36. The SMILES string of the molecule is c1cnc2c(-c3cc4oc5ccccc5c4cn3)cncc2c1. The molecule has 0 saturated carbocycles. The molecule has 4 nitrogen and oxygen atoms in total. The van der Waals surface area contributed by atoms with E-state index in [-0.39, 0.29) is 0 Å². The molecule has 23 heavy (non-hydrogen) atoms. The van der Waals surface area contributed by atoms with Gasteiger partial charge in [0.1, 0.15) is 11.2 Å². The maximum Gasteiger partial charge on any atom is 0.139 e. The van der Waals surface area contributed by atoms with Crippen molar-refractivity contribution in [3.05, 3.63) is 67.3 Å². The molecule has 108 valence electrons. The lowest BCUT2D eigenvalue weighted by molar-refractivity contribution is 0.668. The van der Waals surface area contributed by atoms with Crippen molar-refractivity contribution in [2.45, 2.75) is 0 Å². The first-order valence-electron chi connectivity index (χ1n) is 7.36. The number of fused-ring (bicyclic) bond motifs is 4. The molecule has 0 saturated heterocycles. The summed E-state index contributed by atoms with van der Waals surface area (Å²) in [5, 5.41) is 3.10. The van der Waals surface area contributed by atoms with E-state index in [9.17, 15) is 0 Å². The highest BCUT2D eigenvalue weighted by atomic mass is 16.3. The van der Waals surface area contributed by atoms with Gasteiger partial charge in [-0.25, -0.2) is 0 Å². The Morgan fingerprint density at radius 2 is 1.74 bits per heavy atom. The molecule has 0 spiro atoms. The minimum Gasteiger partial charge on any atom is -0.456 e. The molecule has 4 heterocycles. The van der Waals surface area contributed by atoms with Gasteiger partial charge in [-0.15, -0.1) is 0 Å². The second-order valence-corrected chi connectivity index (χ2v) is 5.43. The molecule has 0 aliphatic rings. The average Bonchev–Trinajstić information content (AvgIpc) is 2.99. The largest absolute Gasteiger partial charge is 0.456 e. The summed E-state index contributed by atoms with van der Waals surface area (Å²) in [6, 6.07) is 13.9. The monoisotopic (exact) mass is 297 g/mol. The van der Waals surface area contributed by atoms with Gasteiger partial charge in [0.2, 0.25) is 0 Å². The Labute approximate surface area is 131 Å². The van der Waals surface area contributed by atoms with Crippen molar-refractivity contribution in [3.63, 3.8) is 0 Å². The number of hydrogen-bond acceptors (Lipinski definition) is 4. The van der Waals surface area contributed by atoms with Crippen LogP contribution in [0.15, 0.2) is 71.7 Å². The van der Waals surface area contributed by atoms with E-state index in [1.165, 1.54) is 0 Å². The van der Waals surface area contributed by atoms with Gasteiger partial charge >= 0.3 is 0 Å². The number of para-hydroxylation sites is 1. The van der Waals surface area contributed by atoms with Gasteiger partial charge in [-0.3, -0.25) is 15.0 Å². The normalized spacial score (nSPS) is 11.5. The minimum atomic E-state index is 0.813. The molecule has 1 aromatic carbocycles. The van der Waals surface area contributed by atoms with Crippen LogP contribution in [0.2, 0.25) is 0 Å². The van der Waals surface area contributed by atoms with Crippen LogP contribution in [0.5, 0.6) is 0 Å². The third-order valence-corrected chi connectivity index (χ3v) is 4.05. The minimum absolute atomic E-state index is 0.813. The molecule has 0 radical (unpaired) electrons. The summed E-state index contributed by atoms with van der Waals surface area (Å²) < 4.78 is 5.95. The molecule has 4 aromatic heterocycles. The summed E-state index contributed by atoms with van der Waals surface area (Å²) in [6.45, 7) is 0. The van der Waals surface area contributed by atoms with Crippen molar-refractivity contribution >= 4 is 32.8 Å². The fourth-order valence-electron chi connectivity index (χ4n) is 2.96. The van der Waals surface area contributed by atoms with Crippen LogP contribution < -0.4 is 0 Å². The molecule has 0 bridgehead atoms. The van der Waals surface area contributed by atoms with Crippen LogP contribution in [0, 0.1) is 0 Å². The first-order chi connectivity index (χ1) is 11.4. The van der Waals surface area contributed by atoms with Crippen LogP contribution in [0.3, 0.4) is 0 Å². The number of nitrogens with zero attached hydrogens (tertiary/aromatic N) is 3. The molecule has 0 atom stereocenters. The van der Waals surface area contributed by atoms with Gasteiger partial charge in [0.15, 0.2) is 0 Å². The second kappa shape index (κ2) is 4.61. The summed E-state index contributed by atoms with van der Waals surface area (Å²) in [5.74, 6) is 0. The van der Waals surface area contributed by atoms with Gasteiger partial charge in [-0.2, -0.15) is 0 Å². The summed E-state index contributed by atoms with van der Waals surface area (Å²) in [4.78, 5) is 13.4. The predicted molar refractivity (Wildman–Crippen MR) is 90.0 cm³/mol. The van der Waals surface area contributed by atoms with E-state index in [4.69, 9.17) is 4.42 Å². The van der Waals surface area contributed by atoms with Crippen molar-refractivity contribution < 1.29 is 4.42 Å². The Bertz CT molecular complexity index is 1170. The molecular weight excluding hydrogens is 286 g/mol. The van der Waals surface area contributed by atoms with Crippen LogP contribution in [-0.4, -0.2) is 15.0 Å². The summed E-state index contributed by atoms with van der Waals surface area (Å²) in [6.07, 6.45) is 7.25. The Hall–Kier alpha value is -3.27. The topological polar surface area (TPSA) is 51.8 Å². The van der Waals surface area contributed by atoms with Crippen LogP contribution in [0.1, 0.15) is 0 Å². The molecule has 4 heteroatoms. The van der Waals surface area contributed by atoms with Crippen molar-refractivity contribution in [1.29, 1.82) is 0 Å². The van der Waals surface area contributed by atoms with Gasteiger partial charge < -0.3 is 4.42 Å². The van der Waals surface area contributed by atoms with Crippen LogP contribution in [0.4, 0.5) is 0 Å². The zero-order valence-electron chi connectivity index (χ0n) is 12.1. The number of hydrogen-bond donors (Lipinski definition) is 0. The number of rotatable bonds is 1. The lowest BCUT2D eigenvalue weighted by Crippen LogP contribution is -1.89. The third-order valence-electron chi connectivity index (χ3n) is 4.05. The number of aromatic nitrogens is 3. The molecule has 0 fully saturated rings. The van der Waals surface area contributed by atoms with Crippen LogP contribution in [-0.2, 0) is 0 Å². The number of pyridine rings is 3. The van der Waals surface area contributed by atoms with Gasteiger partial charge in [-0.1, -0.05) is 18.2 Å². The molecule has 0 unspecified atom stereocenters. The summed E-state index contributed by atoms with van der Waals surface area (Å²) >= 11 is 0. The first kappa shape index (κ1) is 12.3. The molecule has 5 rings (SSSR count). The van der Waals surface area contributed by atoms with E-state index in [1.54, 1.807) is 12.4 Å². The Balaban J connectivity index is 1.81. The highest BCUT2D eigenvalue weighted by Crippen LogP contribution is 2.31. The Morgan fingerprint density at radius 3 is 2.74 bits per heavy atom. The van der Waals surface area contributed by atoms with E-state index < -0.39 is 0 Å².